The standard InChI is InChI=1S/C13H16BrNO4/c1-3-18-12(16)11-9(8-14)6-5-7-10(11)15-13(17)19-4-2/h5-7H,3-4,8H2,1-2H3,(H,15,17). The number of alkyl halides is 1. The lowest BCUT2D eigenvalue weighted by molar-refractivity contribution is 0.0526. The largest absolute Gasteiger partial charge is 0.462 e. The van der Waals surface area contributed by atoms with Gasteiger partial charge >= 0.3 is 12.1 Å². The maximum Gasteiger partial charge on any atom is 0.411 e. The Morgan fingerprint density at radius 3 is 2.47 bits per heavy atom. The Hall–Kier alpha value is -1.56. The lowest BCUT2D eigenvalue weighted by Crippen LogP contribution is -2.18. The molecule has 1 rings (SSSR count). The van der Waals surface area contributed by atoms with Crippen LogP contribution in [0.4, 0.5) is 10.5 Å². The summed E-state index contributed by atoms with van der Waals surface area (Å²) in [4.78, 5) is 23.4. The first-order valence-corrected chi connectivity index (χ1v) is 7.04. The van der Waals surface area contributed by atoms with E-state index < -0.39 is 12.1 Å². The monoisotopic (exact) mass is 329 g/mol. The highest BCUT2D eigenvalue weighted by Crippen LogP contribution is 2.23. The van der Waals surface area contributed by atoms with Crippen molar-refractivity contribution in [1.29, 1.82) is 0 Å². The maximum atomic E-state index is 11.9. The van der Waals surface area contributed by atoms with E-state index in [4.69, 9.17) is 9.47 Å². The molecule has 1 N–H and O–H groups in total. The van der Waals surface area contributed by atoms with Crippen molar-refractivity contribution in [3.05, 3.63) is 29.3 Å². The number of hydrogen-bond donors (Lipinski definition) is 1. The van der Waals surface area contributed by atoms with E-state index in [0.717, 1.165) is 5.56 Å². The Labute approximate surface area is 120 Å². The molecule has 19 heavy (non-hydrogen) atoms. The zero-order chi connectivity index (χ0) is 14.3. The van der Waals surface area contributed by atoms with Crippen LogP contribution in [0.25, 0.3) is 0 Å². The van der Waals surface area contributed by atoms with Crippen LogP contribution in [-0.2, 0) is 14.8 Å². The topological polar surface area (TPSA) is 64.6 Å². The second kappa shape index (κ2) is 7.78. The fourth-order valence-electron chi connectivity index (χ4n) is 1.54. The van der Waals surface area contributed by atoms with Crippen LogP contribution < -0.4 is 5.32 Å². The molecular formula is C13H16BrNO4. The fraction of sp³-hybridized carbons (Fsp3) is 0.385. The van der Waals surface area contributed by atoms with Crippen molar-refractivity contribution >= 4 is 33.7 Å². The van der Waals surface area contributed by atoms with E-state index in [1.807, 2.05) is 0 Å². The van der Waals surface area contributed by atoms with Gasteiger partial charge in [-0.05, 0) is 25.5 Å². The molecule has 5 nitrogen and oxygen atoms in total. The van der Waals surface area contributed by atoms with Gasteiger partial charge in [0.1, 0.15) is 0 Å². The van der Waals surface area contributed by atoms with Crippen molar-refractivity contribution in [2.75, 3.05) is 18.5 Å². The minimum Gasteiger partial charge on any atom is -0.462 e. The van der Waals surface area contributed by atoms with Crippen molar-refractivity contribution < 1.29 is 19.1 Å². The summed E-state index contributed by atoms with van der Waals surface area (Å²) in [6, 6.07) is 5.17. The highest BCUT2D eigenvalue weighted by atomic mass is 79.9. The molecule has 0 aliphatic heterocycles. The van der Waals surface area contributed by atoms with Crippen molar-refractivity contribution in [3.8, 4) is 0 Å². The third kappa shape index (κ3) is 4.24. The minimum atomic E-state index is -0.597. The first kappa shape index (κ1) is 15.5. The van der Waals surface area contributed by atoms with Crippen LogP contribution in [0.3, 0.4) is 0 Å². The molecule has 6 heteroatoms. The van der Waals surface area contributed by atoms with Crippen molar-refractivity contribution in [2.24, 2.45) is 0 Å². The molecule has 0 radical (unpaired) electrons. The number of amides is 1. The van der Waals surface area contributed by atoms with Crippen LogP contribution in [0, 0.1) is 0 Å². The smallest absolute Gasteiger partial charge is 0.411 e. The van der Waals surface area contributed by atoms with Gasteiger partial charge in [0.05, 0.1) is 24.5 Å². The lowest BCUT2D eigenvalue weighted by atomic mass is 10.1. The summed E-state index contributed by atoms with van der Waals surface area (Å²) in [6.07, 6.45) is -0.597. The second-order valence-corrected chi connectivity index (χ2v) is 4.10. The van der Waals surface area contributed by atoms with E-state index in [9.17, 15) is 9.59 Å². The molecule has 0 spiro atoms. The number of ether oxygens (including phenoxy) is 2. The highest BCUT2D eigenvalue weighted by molar-refractivity contribution is 9.08. The van der Waals surface area contributed by atoms with Gasteiger partial charge in [0.2, 0.25) is 0 Å². The number of benzene rings is 1. The molecule has 0 aliphatic carbocycles. The Balaban J connectivity index is 3.08. The summed E-state index contributed by atoms with van der Waals surface area (Å²) < 4.78 is 9.80. The van der Waals surface area contributed by atoms with Crippen LogP contribution in [0.5, 0.6) is 0 Å². The molecule has 0 saturated heterocycles. The van der Waals surface area contributed by atoms with Crippen LogP contribution in [0.1, 0.15) is 29.8 Å². The van der Waals surface area contributed by atoms with Gasteiger partial charge in [0.15, 0.2) is 0 Å². The number of halogens is 1. The van der Waals surface area contributed by atoms with E-state index >= 15 is 0 Å². The molecule has 1 amide bonds. The van der Waals surface area contributed by atoms with Gasteiger partial charge in [-0.3, -0.25) is 5.32 Å². The summed E-state index contributed by atoms with van der Waals surface area (Å²) in [5.41, 5.74) is 1.47. The van der Waals surface area contributed by atoms with E-state index in [2.05, 4.69) is 21.2 Å². The number of anilines is 1. The van der Waals surface area contributed by atoms with Crippen molar-refractivity contribution in [3.63, 3.8) is 0 Å². The summed E-state index contributed by atoms with van der Waals surface area (Å²) in [7, 11) is 0. The van der Waals surface area contributed by atoms with Crippen LogP contribution >= 0.6 is 15.9 Å². The quantitative estimate of drug-likeness (QED) is 0.664. The Kier molecular flexibility index (Phi) is 6.35. The summed E-state index contributed by atoms with van der Waals surface area (Å²) in [6.45, 7) is 3.97. The van der Waals surface area contributed by atoms with Crippen molar-refractivity contribution in [2.45, 2.75) is 19.2 Å². The van der Waals surface area contributed by atoms with Gasteiger partial charge in [-0.15, -0.1) is 0 Å². The number of carbonyl (C=O) groups is 2. The molecule has 0 atom stereocenters. The van der Waals surface area contributed by atoms with Crippen LogP contribution in [-0.4, -0.2) is 25.3 Å². The van der Waals surface area contributed by atoms with Crippen LogP contribution in [0.2, 0.25) is 0 Å². The lowest BCUT2D eigenvalue weighted by Gasteiger charge is -2.13. The predicted molar refractivity (Wildman–Crippen MR) is 75.7 cm³/mol. The van der Waals surface area contributed by atoms with Crippen LogP contribution in [0.15, 0.2) is 18.2 Å². The number of nitrogens with one attached hydrogen (secondary N) is 1. The Bertz CT molecular complexity index is 462. The van der Waals surface area contributed by atoms with Gasteiger partial charge < -0.3 is 9.47 Å². The molecule has 0 unspecified atom stereocenters. The molecule has 0 bridgehead atoms. The normalized spacial score (nSPS) is 9.84. The molecule has 104 valence electrons. The predicted octanol–water partition coefficient (Wildman–Crippen LogP) is 3.33. The third-order valence-electron chi connectivity index (χ3n) is 2.29. The zero-order valence-corrected chi connectivity index (χ0v) is 12.5. The van der Waals surface area contributed by atoms with Gasteiger partial charge in [0, 0.05) is 5.33 Å². The Morgan fingerprint density at radius 1 is 1.21 bits per heavy atom. The highest BCUT2D eigenvalue weighted by Gasteiger charge is 2.18. The molecule has 1 aromatic rings. The summed E-state index contributed by atoms with van der Waals surface area (Å²) >= 11 is 3.31. The molecule has 0 aromatic heterocycles. The average Bonchev–Trinajstić information content (AvgIpc) is 2.38. The van der Waals surface area contributed by atoms with Gasteiger partial charge in [0.25, 0.3) is 0 Å². The number of carbonyl (C=O) groups excluding carboxylic acids is 2. The maximum absolute atomic E-state index is 11.9. The van der Waals surface area contributed by atoms with Gasteiger partial charge in [-0.1, -0.05) is 28.1 Å². The minimum absolute atomic E-state index is 0.263. The first-order valence-electron chi connectivity index (χ1n) is 5.92. The molecule has 1 aromatic carbocycles. The zero-order valence-electron chi connectivity index (χ0n) is 10.9. The average molecular weight is 330 g/mol. The third-order valence-corrected chi connectivity index (χ3v) is 2.89. The first-order chi connectivity index (χ1) is 9.13. The van der Waals surface area contributed by atoms with Gasteiger partial charge in [-0.2, -0.15) is 0 Å². The van der Waals surface area contributed by atoms with E-state index in [-0.39, 0.29) is 13.2 Å². The molecule has 0 aliphatic rings. The van der Waals surface area contributed by atoms with E-state index in [1.54, 1.807) is 32.0 Å². The molecular weight excluding hydrogens is 314 g/mol. The number of rotatable bonds is 5. The Morgan fingerprint density at radius 2 is 1.89 bits per heavy atom. The summed E-state index contributed by atoms with van der Waals surface area (Å²) in [5, 5.41) is 3.03. The molecule has 0 heterocycles. The molecule has 0 saturated carbocycles. The fourth-order valence-corrected chi connectivity index (χ4v) is 2.00. The van der Waals surface area contributed by atoms with Gasteiger partial charge in [-0.25, -0.2) is 9.59 Å². The second-order valence-electron chi connectivity index (χ2n) is 3.54. The number of esters is 1. The van der Waals surface area contributed by atoms with Crippen molar-refractivity contribution in [1.82, 2.24) is 0 Å². The van der Waals surface area contributed by atoms with E-state index in [0.29, 0.717) is 16.6 Å². The van der Waals surface area contributed by atoms with E-state index in [1.165, 1.54) is 0 Å². The SMILES string of the molecule is CCOC(=O)Nc1cccc(CBr)c1C(=O)OCC. The number of hydrogen-bond acceptors (Lipinski definition) is 4. The summed E-state index contributed by atoms with van der Waals surface area (Å²) in [5.74, 6) is -0.468. The molecule has 0 fully saturated rings.